The van der Waals surface area contributed by atoms with E-state index in [1.165, 1.54) is 0 Å². The van der Waals surface area contributed by atoms with E-state index in [2.05, 4.69) is 11.6 Å². The predicted molar refractivity (Wildman–Crippen MR) is 84.7 cm³/mol. The summed E-state index contributed by atoms with van der Waals surface area (Å²) < 4.78 is 0. The van der Waals surface area contributed by atoms with Crippen LogP contribution in [0, 0.1) is 6.92 Å². The summed E-state index contributed by atoms with van der Waals surface area (Å²) in [4.78, 5) is 4.52. The molecule has 20 heavy (non-hydrogen) atoms. The van der Waals surface area contributed by atoms with Crippen LogP contribution in [0.25, 0.3) is 10.9 Å². The number of rotatable bonds is 7. The zero-order valence-corrected chi connectivity index (χ0v) is 12.2. The average Bonchev–Trinajstić information content (AvgIpc) is 2.46. The molecule has 1 atom stereocenters. The molecule has 0 spiro atoms. The molecular weight excluding hydrogens is 246 g/mol. The third-order valence-corrected chi connectivity index (χ3v) is 3.62. The highest BCUT2D eigenvalue weighted by Crippen LogP contribution is 2.27. The van der Waals surface area contributed by atoms with E-state index < -0.39 is 6.10 Å². The molecule has 2 heteroatoms. The third-order valence-electron chi connectivity index (χ3n) is 3.62. The van der Waals surface area contributed by atoms with Gasteiger partial charge in [0.2, 0.25) is 0 Å². The van der Waals surface area contributed by atoms with E-state index in [9.17, 15) is 5.11 Å². The van der Waals surface area contributed by atoms with Crippen molar-refractivity contribution in [1.29, 1.82) is 0 Å². The summed E-state index contributed by atoms with van der Waals surface area (Å²) in [5.74, 6) is 0. The van der Waals surface area contributed by atoms with Gasteiger partial charge in [0.25, 0.3) is 0 Å². The van der Waals surface area contributed by atoms with Crippen molar-refractivity contribution in [2.75, 3.05) is 0 Å². The van der Waals surface area contributed by atoms with Gasteiger partial charge in [-0.2, -0.15) is 0 Å². The number of unbranched alkanes of at least 4 members (excludes halogenated alkanes) is 3. The largest absolute Gasteiger partial charge is 0.388 e. The summed E-state index contributed by atoms with van der Waals surface area (Å²) in [6.07, 6.45) is 6.78. The van der Waals surface area contributed by atoms with Crippen LogP contribution < -0.4 is 0 Å². The second kappa shape index (κ2) is 7.20. The fourth-order valence-corrected chi connectivity index (χ4v) is 2.57. The predicted octanol–water partition coefficient (Wildman–Crippen LogP) is 4.71. The summed E-state index contributed by atoms with van der Waals surface area (Å²) in [7, 11) is 0. The van der Waals surface area contributed by atoms with E-state index in [0.717, 1.165) is 54.3 Å². The molecule has 2 aromatic rings. The average molecular weight is 269 g/mol. The molecule has 0 aliphatic carbocycles. The number of aliphatic hydroxyl groups is 1. The molecule has 0 amide bonds. The lowest BCUT2D eigenvalue weighted by atomic mass is 9.98. The highest BCUT2D eigenvalue weighted by molar-refractivity contribution is 5.82. The van der Waals surface area contributed by atoms with Crippen LogP contribution in [0.15, 0.2) is 43.0 Å². The fraction of sp³-hybridized carbons (Fsp3) is 0.389. The fourth-order valence-electron chi connectivity index (χ4n) is 2.57. The van der Waals surface area contributed by atoms with Crippen LogP contribution in [0.4, 0.5) is 0 Å². The van der Waals surface area contributed by atoms with Gasteiger partial charge in [0, 0.05) is 11.1 Å². The van der Waals surface area contributed by atoms with Crippen LogP contribution in [0.5, 0.6) is 0 Å². The zero-order chi connectivity index (χ0) is 14.4. The van der Waals surface area contributed by atoms with Gasteiger partial charge in [-0.05, 0) is 43.9 Å². The number of hydrogen-bond donors (Lipinski definition) is 1. The number of aryl methyl sites for hydroxylation is 1. The van der Waals surface area contributed by atoms with Crippen LogP contribution in [0.2, 0.25) is 0 Å². The number of fused-ring (bicyclic) bond motifs is 1. The molecule has 2 rings (SSSR count). The van der Waals surface area contributed by atoms with Crippen LogP contribution in [-0.2, 0) is 0 Å². The molecule has 1 unspecified atom stereocenters. The number of nitrogens with zero attached hydrogens (tertiary/aromatic N) is 1. The van der Waals surface area contributed by atoms with Gasteiger partial charge in [-0.1, -0.05) is 37.1 Å². The minimum atomic E-state index is -0.398. The Balaban J connectivity index is 2.09. The van der Waals surface area contributed by atoms with Gasteiger partial charge in [-0.15, -0.1) is 6.58 Å². The van der Waals surface area contributed by atoms with Crippen molar-refractivity contribution in [3.05, 3.63) is 54.2 Å². The number of benzene rings is 1. The summed E-state index contributed by atoms with van der Waals surface area (Å²) in [6, 6.07) is 10.0. The second-order valence-electron chi connectivity index (χ2n) is 5.31. The first-order valence-corrected chi connectivity index (χ1v) is 7.37. The Morgan fingerprint density at radius 3 is 2.85 bits per heavy atom. The topological polar surface area (TPSA) is 33.1 Å². The van der Waals surface area contributed by atoms with Crippen molar-refractivity contribution < 1.29 is 5.11 Å². The summed E-state index contributed by atoms with van der Waals surface area (Å²) in [6.45, 7) is 5.71. The Kier molecular flexibility index (Phi) is 5.31. The lowest BCUT2D eigenvalue weighted by Crippen LogP contribution is -2.00. The number of para-hydroxylation sites is 1. The molecule has 0 radical (unpaired) electrons. The van der Waals surface area contributed by atoms with Crippen molar-refractivity contribution in [3.63, 3.8) is 0 Å². The van der Waals surface area contributed by atoms with E-state index in [-0.39, 0.29) is 0 Å². The Labute approximate surface area is 121 Å². The minimum Gasteiger partial charge on any atom is -0.388 e. The van der Waals surface area contributed by atoms with Crippen molar-refractivity contribution in [3.8, 4) is 0 Å². The Bertz CT molecular complexity index is 577. The molecule has 1 heterocycles. The standard InChI is InChI=1S/C18H23NO/c1-3-4-5-6-7-12-18(20)16-13-14(2)19-17-11-9-8-10-15(16)17/h3,8-11,13,18,20H,1,4-7,12H2,2H3. The Hall–Kier alpha value is -1.67. The maximum absolute atomic E-state index is 10.5. The normalized spacial score (nSPS) is 12.5. The summed E-state index contributed by atoms with van der Waals surface area (Å²) in [5, 5.41) is 11.5. The Morgan fingerprint density at radius 1 is 1.25 bits per heavy atom. The molecule has 0 saturated heterocycles. The van der Waals surface area contributed by atoms with Gasteiger partial charge in [-0.25, -0.2) is 0 Å². The van der Waals surface area contributed by atoms with Gasteiger partial charge in [0.1, 0.15) is 0 Å². The molecule has 1 aromatic heterocycles. The molecule has 1 N–H and O–H groups in total. The van der Waals surface area contributed by atoms with E-state index in [4.69, 9.17) is 0 Å². The smallest absolute Gasteiger partial charge is 0.0797 e. The highest BCUT2D eigenvalue weighted by Gasteiger charge is 2.12. The first-order valence-electron chi connectivity index (χ1n) is 7.37. The first kappa shape index (κ1) is 14.7. The highest BCUT2D eigenvalue weighted by atomic mass is 16.3. The SMILES string of the molecule is C=CCCCCCC(O)c1cc(C)nc2ccccc12. The van der Waals surface area contributed by atoms with E-state index in [1.54, 1.807) is 0 Å². The lowest BCUT2D eigenvalue weighted by molar-refractivity contribution is 0.165. The molecule has 1 aromatic carbocycles. The van der Waals surface area contributed by atoms with Crippen molar-refractivity contribution in [1.82, 2.24) is 4.98 Å². The van der Waals surface area contributed by atoms with Crippen LogP contribution in [0.3, 0.4) is 0 Å². The number of hydrogen-bond acceptors (Lipinski definition) is 2. The van der Waals surface area contributed by atoms with Gasteiger partial charge in [0.15, 0.2) is 0 Å². The first-order chi connectivity index (χ1) is 9.72. The molecule has 0 aliphatic heterocycles. The van der Waals surface area contributed by atoms with Crippen molar-refractivity contribution in [2.24, 2.45) is 0 Å². The third kappa shape index (κ3) is 3.67. The van der Waals surface area contributed by atoms with Gasteiger partial charge in [-0.3, -0.25) is 4.98 Å². The summed E-state index contributed by atoms with van der Waals surface area (Å²) >= 11 is 0. The molecule has 106 valence electrons. The van der Waals surface area contributed by atoms with Crippen LogP contribution in [-0.4, -0.2) is 10.1 Å². The van der Waals surface area contributed by atoms with E-state index >= 15 is 0 Å². The minimum absolute atomic E-state index is 0.398. The number of aromatic nitrogens is 1. The molecule has 0 aliphatic rings. The second-order valence-corrected chi connectivity index (χ2v) is 5.31. The van der Waals surface area contributed by atoms with Gasteiger partial charge < -0.3 is 5.11 Å². The molecule has 2 nitrogen and oxygen atoms in total. The summed E-state index contributed by atoms with van der Waals surface area (Å²) in [5.41, 5.74) is 2.94. The monoisotopic (exact) mass is 269 g/mol. The van der Waals surface area contributed by atoms with Crippen molar-refractivity contribution >= 4 is 10.9 Å². The molecule has 0 fully saturated rings. The van der Waals surface area contributed by atoms with Crippen molar-refractivity contribution in [2.45, 2.75) is 45.1 Å². The number of pyridine rings is 1. The van der Waals surface area contributed by atoms with Gasteiger partial charge in [0.05, 0.1) is 11.6 Å². The Morgan fingerprint density at radius 2 is 2.05 bits per heavy atom. The van der Waals surface area contributed by atoms with Crippen LogP contribution in [0.1, 0.15) is 49.5 Å². The van der Waals surface area contributed by atoms with Crippen LogP contribution >= 0.6 is 0 Å². The lowest BCUT2D eigenvalue weighted by Gasteiger charge is -2.14. The van der Waals surface area contributed by atoms with Gasteiger partial charge >= 0.3 is 0 Å². The number of aliphatic hydroxyl groups excluding tert-OH is 1. The molecule has 0 saturated carbocycles. The maximum atomic E-state index is 10.5. The number of allylic oxidation sites excluding steroid dienone is 1. The molecular formula is C18H23NO. The zero-order valence-electron chi connectivity index (χ0n) is 12.2. The van der Waals surface area contributed by atoms with E-state index in [0.29, 0.717) is 0 Å². The maximum Gasteiger partial charge on any atom is 0.0797 e. The molecule has 0 bridgehead atoms. The quantitative estimate of drug-likeness (QED) is 0.583. The van der Waals surface area contributed by atoms with E-state index in [1.807, 2.05) is 43.3 Å².